The largest absolute Gasteiger partial charge is 0.360 e. The Morgan fingerprint density at radius 2 is 2.00 bits per heavy atom. The highest BCUT2D eigenvalue weighted by Gasteiger charge is 2.20. The molecule has 0 aliphatic carbocycles. The molecule has 26 heavy (non-hydrogen) atoms. The summed E-state index contributed by atoms with van der Waals surface area (Å²) in [4.78, 5) is 25.6. The highest BCUT2D eigenvalue weighted by molar-refractivity contribution is 6.30. The number of hydrogen-bond acceptors (Lipinski definition) is 6. The summed E-state index contributed by atoms with van der Waals surface area (Å²) in [6, 6.07) is 10.1. The number of likely N-dealkylation sites (N-methyl/N-ethyl adjacent to an activating group) is 1. The van der Waals surface area contributed by atoms with Gasteiger partial charge >= 0.3 is 0 Å². The van der Waals surface area contributed by atoms with Gasteiger partial charge in [-0.3, -0.25) is 9.59 Å². The molecule has 134 valence electrons. The van der Waals surface area contributed by atoms with Crippen LogP contribution in [0.25, 0.3) is 11.3 Å². The minimum Gasteiger partial charge on any atom is -0.360 e. The average Bonchev–Trinajstić information content (AvgIpc) is 3.23. The molecule has 0 fully saturated rings. The molecule has 0 saturated heterocycles. The second-order valence-electron chi connectivity index (χ2n) is 5.62. The van der Waals surface area contributed by atoms with Crippen molar-refractivity contribution in [3.63, 3.8) is 0 Å². The van der Waals surface area contributed by atoms with Gasteiger partial charge in [-0.2, -0.15) is 0 Å². The number of amides is 2. The van der Waals surface area contributed by atoms with E-state index in [0.29, 0.717) is 22.1 Å². The molecular weight excluding hydrogens is 360 g/mol. The molecule has 0 spiro atoms. The summed E-state index contributed by atoms with van der Waals surface area (Å²) in [6.45, 7) is 1.53. The minimum atomic E-state index is -0.450. The lowest BCUT2D eigenvalue weighted by Crippen LogP contribution is -2.35. The molecular formula is C17H15ClN4O4. The number of hydrogen-bond donors (Lipinski definition) is 1. The lowest BCUT2D eigenvalue weighted by molar-refractivity contribution is -0.116. The van der Waals surface area contributed by atoms with Crippen LogP contribution in [0.4, 0.5) is 5.82 Å². The number of aromatic nitrogens is 2. The lowest BCUT2D eigenvalue weighted by Gasteiger charge is -2.14. The van der Waals surface area contributed by atoms with Crippen molar-refractivity contribution in [2.24, 2.45) is 0 Å². The van der Waals surface area contributed by atoms with Crippen LogP contribution in [0, 0.1) is 6.92 Å². The molecule has 1 aromatic carbocycles. The van der Waals surface area contributed by atoms with Crippen molar-refractivity contribution < 1.29 is 18.6 Å². The van der Waals surface area contributed by atoms with Crippen LogP contribution in [0.15, 0.2) is 45.4 Å². The topological polar surface area (TPSA) is 101 Å². The Kier molecular flexibility index (Phi) is 5.04. The van der Waals surface area contributed by atoms with Gasteiger partial charge in [0.15, 0.2) is 17.3 Å². The molecule has 0 bridgehead atoms. The zero-order valence-corrected chi connectivity index (χ0v) is 14.8. The zero-order valence-electron chi connectivity index (χ0n) is 14.0. The van der Waals surface area contributed by atoms with E-state index in [4.69, 9.17) is 20.6 Å². The van der Waals surface area contributed by atoms with Crippen molar-refractivity contribution in [2.45, 2.75) is 6.92 Å². The Labute approximate surface area is 153 Å². The van der Waals surface area contributed by atoms with Gasteiger partial charge < -0.3 is 19.3 Å². The second-order valence-corrected chi connectivity index (χ2v) is 6.06. The number of nitrogens with zero attached hydrogens (tertiary/aromatic N) is 3. The average molecular weight is 375 g/mol. The predicted molar refractivity (Wildman–Crippen MR) is 93.8 cm³/mol. The first kappa shape index (κ1) is 17.7. The number of anilines is 1. The molecule has 1 N–H and O–H groups in total. The molecule has 3 rings (SSSR count). The van der Waals surface area contributed by atoms with Crippen LogP contribution in [-0.4, -0.2) is 40.6 Å². The first-order chi connectivity index (χ1) is 12.4. The van der Waals surface area contributed by atoms with Gasteiger partial charge in [0.25, 0.3) is 5.91 Å². The van der Waals surface area contributed by atoms with Crippen LogP contribution in [0.1, 0.15) is 16.2 Å². The summed E-state index contributed by atoms with van der Waals surface area (Å²) < 4.78 is 10.1. The normalized spacial score (nSPS) is 10.6. The Bertz CT molecular complexity index is 950. The SMILES string of the molecule is Cc1cc(NC(=O)CN(C)C(=O)c2cc(-c3cccc(Cl)c3)on2)no1. The maximum absolute atomic E-state index is 12.4. The van der Waals surface area contributed by atoms with Gasteiger partial charge in [0, 0.05) is 29.8 Å². The zero-order chi connectivity index (χ0) is 18.7. The van der Waals surface area contributed by atoms with Gasteiger partial charge in [0.1, 0.15) is 5.76 Å². The molecule has 3 aromatic rings. The summed E-state index contributed by atoms with van der Waals surface area (Å²) in [6.07, 6.45) is 0. The second kappa shape index (κ2) is 7.40. The van der Waals surface area contributed by atoms with E-state index in [0.717, 1.165) is 0 Å². The summed E-state index contributed by atoms with van der Waals surface area (Å²) in [5.74, 6) is 0.409. The van der Waals surface area contributed by atoms with Gasteiger partial charge in [-0.1, -0.05) is 34.0 Å². The summed E-state index contributed by atoms with van der Waals surface area (Å²) in [5.41, 5.74) is 0.790. The van der Waals surface area contributed by atoms with E-state index in [1.807, 2.05) is 0 Å². The van der Waals surface area contributed by atoms with Gasteiger partial charge in [-0.15, -0.1) is 0 Å². The molecule has 9 heteroatoms. The van der Waals surface area contributed by atoms with Gasteiger partial charge in [-0.05, 0) is 19.1 Å². The van der Waals surface area contributed by atoms with E-state index in [2.05, 4.69) is 15.6 Å². The molecule has 2 amide bonds. The van der Waals surface area contributed by atoms with Gasteiger partial charge in [0.05, 0.1) is 6.54 Å². The highest BCUT2D eigenvalue weighted by Crippen LogP contribution is 2.23. The van der Waals surface area contributed by atoms with E-state index in [1.165, 1.54) is 18.0 Å². The monoisotopic (exact) mass is 374 g/mol. The van der Waals surface area contributed by atoms with Crippen LogP contribution >= 0.6 is 11.6 Å². The fraction of sp³-hybridized carbons (Fsp3) is 0.176. The quantitative estimate of drug-likeness (QED) is 0.736. The van der Waals surface area contributed by atoms with E-state index in [1.54, 1.807) is 37.3 Å². The van der Waals surface area contributed by atoms with Crippen molar-refractivity contribution in [2.75, 3.05) is 18.9 Å². The van der Waals surface area contributed by atoms with Crippen molar-refractivity contribution in [1.29, 1.82) is 0 Å². The molecule has 0 aliphatic heterocycles. The Balaban J connectivity index is 1.64. The first-order valence-electron chi connectivity index (χ1n) is 7.63. The highest BCUT2D eigenvalue weighted by atomic mass is 35.5. The third-order valence-corrected chi connectivity index (χ3v) is 3.70. The lowest BCUT2D eigenvalue weighted by atomic mass is 10.1. The molecule has 2 aromatic heterocycles. The van der Waals surface area contributed by atoms with Crippen molar-refractivity contribution in [1.82, 2.24) is 15.2 Å². The van der Waals surface area contributed by atoms with Crippen molar-refractivity contribution in [3.05, 3.63) is 52.9 Å². The number of nitrogens with one attached hydrogen (secondary N) is 1. The Hall–Kier alpha value is -3.13. The summed E-state index contributed by atoms with van der Waals surface area (Å²) in [7, 11) is 1.49. The molecule has 0 saturated carbocycles. The third-order valence-electron chi connectivity index (χ3n) is 3.46. The number of halogens is 1. The summed E-state index contributed by atoms with van der Waals surface area (Å²) in [5, 5.41) is 10.5. The smallest absolute Gasteiger partial charge is 0.276 e. The molecule has 0 atom stereocenters. The minimum absolute atomic E-state index is 0.0903. The summed E-state index contributed by atoms with van der Waals surface area (Å²) >= 11 is 5.95. The van der Waals surface area contributed by atoms with Gasteiger partial charge in [0.2, 0.25) is 5.91 Å². The van der Waals surface area contributed by atoms with Crippen LogP contribution in [0.2, 0.25) is 5.02 Å². The maximum Gasteiger partial charge on any atom is 0.276 e. The van der Waals surface area contributed by atoms with E-state index < -0.39 is 11.8 Å². The first-order valence-corrected chi connectivity index (χ1v) is 8.01. The Morgan fingerprint density at radius 1 is 1.19 bits per heavy atom. The van der Waals surface area contributed by atoms with Gasteiger partial charge in [-0.25, -0.2) is 0 Å². The molecule has 2 heterocycles. The van der Waals surface area contributed by atoms with Crippen molar-refractivity contribution in [3.8, 4) is 11.3 Å². The third kappa shape index (κ3) is 4.09. The number of aryl methyl sites for hydroxylation is 1. The fourth-order valence-electron chi connectivity index (χ4n) is 2.24. The molecule has 0 radical (unpaired) electrons. The molecule has 0 aliphatic rings. The van der Waals surface area contributed by atoms with E-state index in [9.17, 15) is 9.59 Å². The number of carbonyl (C=O) groups is 2. The maximum atomic E-state index is 12.4. The molecule has 8 nitrogen and oxygen atoms in total. The van der Waals surface area contributed by atoms with Crippen LogP contribution < -0.4 is 5.32 Å². The Morgan fingerprint density at radius 3 is 2.69 bits per heavy atom. The fourth-order valence-corrected chi connectivity index (χ4v) is 2.43. The van der Waals surface area contributed by atoms with Crippen LogP contribution in [-0.2, 0) is 4.79 Å². The van der Waals surface area contributed by atoms with E-state index >= 15 is 0 Å². The number of rotatable bonds is 5. The van der Waals surface area contributed by atoms with Crippen LogP contribution in [0.5, 0.6) is 0 Å². The number of carbonyl (C=O) groups excluding carboxylic acids is 2. The van der Waals surface area contributed by atoms with E-state index in [-0.39, 0.29) is 18.1 Å². The molecule has 0 unspecified atom stereocenters. The predicted octanol–water partition coefficient (Wildman–Crippen LogP) is 3.00. The van der Waals surface area contributed by atoms with Crippen molar-refractivity contribution >= 4 is 29.2 Å². The number of benzene rings is 1. The van der Waals surface area contributed by atoms with Crippen LogP contribution in [0.3, 0.4) is 0 Å². The standard InChI is InChI=1S/C17H15ClN4O4/c1-10-6-15(21-25-10)19-16(23)9-22(2)17(24)13-8-14(26-20-13)11-4-3-5-12(18)7-11/h3-8H,9H2,1-2H3,(H,19,21,23).